The van der Waals surface area contributed by atoms with Crippen LogP contribution < -0.4 is 10.2 Å². The van der Waals surface area contributed by atoms with Gasteiger partial charge in [0.05, 0.1) is 27.0 Å². The standard InChI is InChI=1S/C16H18N4O6S/c1-24-13(21)11-12(10(7-18-11)6-9-4-5-27-8-9)20(16(23)26-3)14(17)19-15(22)25-2/h4-5,7-8,18H,6H2,1-3H3,(H2,17,19,22). The SMILES string of the molecule is COC(=O)NC(=N)N(C(=O)OC)c1c(Cc2ccsc2)c[nH]c1C(=O)OC. The maximum atomic E-state index is 12.3. The average molecular weight is 394 g/mol. The Balaban J connectivity index is 2.55. The molecule has 0 aliphatic rings. The van der Waals surface area contributed by atoms with Crippen molar-refractivity contribution in [3.8, 4) is 0 Å². The Morgan fingerprint density at radius 3 is 2.52 bits per heavy atom. The van der Waals surface area contributed by atoms with Gasteiger partial charge in [-0.1, -0.05) is 0 Å². The Morgan fingerprint density at radius 1 is 1.22 bits per heavy atom. The number of methoxy groups -OCH3 is 3. The first kappa shape index (κ1) is 20.0. The summed E-state index contributed by atoms with van der Waals surface area (Å²) >= 11 is 1.50. The molecule has 144 valence electrons. The highest BCUT2D eigenvalue weighted by molar-refractivity contribution is 7.07. The van der Waals surface area contributed by atoms with Crippen molar-refractivity contribution < 1.29 is 28.6 Å². The summed E-state index contributed by atoms with van der Waals surface area (Å²) in [6, 6.07) is 1.89. The second kappa shape index (κ2) is 8.85. The molecule has 2 aromatic rings. The number of carbonyl (C=O) groups is 3. The van der Waals surface area contributed by atoms with Crippen molar-refractivity contribution in [2.45, 2.75) is 6.42 Å². The molecule has 2 heterocycles. The average Bonchev–Trinajstić information content (AvgIpc) is 3.32. The fourth-order valence-electron chi connectivity index (χ4n) is 2.31. The first-order valence-electron chi connectivity index (χ1n) is 7.54. The molecule has 0 radical (unpaired) electrons. The van der Waals surface area contributed by atoms with E-state index in [1.165, 1.54) is 24.6 Å². The maximum absolute atomic E-state index is 12.3. The summed E-state index contributed by atoms with van der Waals surface area (Å²) in [6.07, 6.45) is -0.0393. The Kier molecular flexibility index (Phi) is 6.55. The normalized spacial score (nSPS) is 10.0. The van der Waals surface area contributed by atoms with Crippen LogP contribution in [0.2, 0.25) is 0 Å². The summed E-state index contributed by atoms with van der Waals surface area (Å²) in [5.41, 5.74) is 1.44. The van der Waals surface area contributed by atoms with E-state index < -0.39 is 24.1 Å². The molecule has 3 N–H and O–H groups in total. The van der Waals surface area contributed by atoms with Crippen molar-refractivity contribution >= 4 is 41.1 Å². The zero-order valence-corrected chi connectivity index (χ0v) is 15.6. The topological polar surface area (TPSA) is 134 Å². The number of H-pyrrole nitrogens is 1. The number of ether oxygens (including phenoxy) is 3. The fourth-order valence-corrected chi connectivity index (χ4v) is 2.98. The quantitative estimate of drug-likeness (QED) is 0.315. The second-order valence-electron chi connectivity index (χ2n) is 5.11. The van der Waals surface area contributed by atoms with Crippen LogP contribution in [0.1, 0.15) is 21.6 Å². The van der Waals surface area contributed by atoms with E-state index in [0.717, 1.165) is 24.7 Å². The summed E-state index contributed by atoms with van der Waals surface area (Å²) in [5, 5.41) is 14.0. The molecular formula is C16H18N4O6S. The van der Waals surface area contributed by atoms with Crippen molar-refractivity contribution in [2.24, 2.45) is 0 Å². The third-order valence-corrected chi connectivity index (χ3v) is 4.24. The number of guanidine groups is 1. The van der Waals surface area contributed by atoms with Crippen LogP contribution in [0.3, 0.4) is 0 Å². The number of rotatable bonds is 4. The van der Waals surface area contributed by atoms with Gasteiger partial charge in [-0.2, -0.15) is 11.3 Å². The van der Waals surface area contributed by atoms with Crippen LogP contribution >= 0.6 is 11.3 Å². The number of hydrogen-bond donors (Lipinski definition) is 3. The number of aromatic amines is 1. The molecule has 2 aromatic heterocycles. The minimum absolute atomic E-state index is 0.0429. The van der Waals surface area contributed by atoms with Crippen LogP contribution in [-0.4, -0.2) is 50.4 Å². The van der Waals surface area contributed by atoms with E-state index in [0.29, 0.717) is 12.0 Å². The molecule has 0 spiro atoms. The molecule has 0 bridgehead atoms. The van der Waals surface area contributed by atoms with E-state index in [1.807, 2.05) is 16.8 Å². The first-order valence-corrected chi connectivity index (χ1v) is 8.48. The molecule has 0 aromatic carbocycles. The molecule has 0 saturated heterocycles. The third-order valence-electron chi connectivity index (χ3n) is 3.51. The van der Waals surface area contributed by atoms with Crippen molar-refractivity contribution in [3.63, 3.8) is 0 Å². The predicted molar refractivity (Wildman–Crippen MR) is 97.4 cm³/mol. The molecule has 10 nitrogen and oxygen atoms in total. The summed E-state index contributed by atoms with van der Waals surface area (Å²) in [4.78, 5) is 39.5. The van der Waals surface area contributed by atoms with Gasteiger partial charge < -0.3 is 19.2 Å². The Bertz CT molecular complexity index is 845. The Morgan fingerprint density at radius 2 is 1.96 bits per heavy atom. The summed E-state index contributed by atoms with van der Waals surface area (Å²) in [5.74, 6) is -1.40. The lowest BCUT2D eigenvalue weighted by Crippen LogP contribution is -2.47. The van der Waals surface area contributed by atoms with Crippen molar-refractivity contribution in [1.82, 2.24) is 10.3 Å². The highest BCUT2D eigenvalue weighted by atomic mass is 32.1. The van der Waals surface area contributed by atoms with Crippen LogP contribution in [-0.2, 0) is 20.6 Å². The lowest BCUT2D eigenvalue weighted by molar-refractivity contribution is 0.0595. The van der Waals surface area contributed by atoms with Crippen molar-refractivity contribution in [2.75, 3.05) is 26.2 Å². The monoisotopic (exact) mass is 394 g/mol. The Hall–Kier alpha value is -3.34. The van der Waals surface area contributed by atoms with Crippen LogP contribution in [0.25, 0.3) is 0 Å². The molecular weight excluding hydrogens is 376 g/mol. The van der Waals surface area contributed by atoms with E-state index in [9.17, 15) is 14.4 Å². The van der Waals surface area contributed by atoms with Gasteiger partial charge in [0.15, 0.2) is 0 Å². The first-order chi connectivity index (χ1) is 12.9. The number of anilines is 1. The molecule has 27 heavy (non-hydrogen) atoms. The summed E-state index contributed by atoms with van der Waals surface area (Å²) < 4.78 is 13.9. The summed E-state index contributed by atoms with van der Waals surface area (Å²) in [7, 11) is 3.42. The van der Waals surface area contributed by atoms with Gasteiger partial charge >= 0.3 is 18.2 Å². The third kappa shape index (κ3) is 4.44. The number of nitrogens with one attached hydrogen (secondary N) is 3. The smallest absolute Gasteiger partial charge is 0.421 e. The van der Waals surface area contributed by atoms with Gasteiger partial charge in [0.2, 0.25) is 5.96 Å². The number of thiophene rings is 1. The predicted octanol–water partition coefficient (Wildman–Crippen LogP) is 2.32. The minimum atomic E-state index is -0.979. The van der Waals surface area contributed by atoms with Crippen molar-refractivity contribution in [3.05, 3.63) is 39.8 Å². The number of esters is 1. The molecule has 0 atom stereocenters. The van der Waals surface area contributed by atoms with E-state index in [-0.39, 0.29) is 11.4 Å². The maximum Gasteiger partial charge on any atom is 0.421 e. The van der Waals surface area contributed by atoms with Crippen LogP contribution in [0.15, 0.2) is 23.0 Å². The van der Waals surface area contributed by atoms with Crippen LogP contribution in [0, 0.1) is 5.41 Å². The van der Waals surface area contributed by atoms with E-state index >= 15 is 0 Å². The zero-order chi connectivity index (χ0) is 20.0. The molecule has 2 rings (SSSR count). The number of hydrogen-bond acceptors (Lipinski definition) is 8. The highest BCUT2D eigenvalue weighted by Gasteiger charge is 2.32. The van der Waals surface area contributed by atoms with Gasteiger partial charge in [0, 0.05) is 12.6 Å². The number of nitrogens with zero attached hydrogens (tertiary/aromatic N) is 1. The van der Waals surface area contributed by atoms with E-state index in [1.54, 1.807) is 0 Å². The molecule has 11 heteroatoms. The molecule has 0 aliphatic heterocycles. The molecule has 0 saturated carbocycles. The second-order valence-corrected chi connectivity index (χ2v) is 5.89. The summed E-state index contributed by atoms with van der Waals surface area (Å²) in [6.45, 7) is 0. The zero-order valence-electron chi connectivity index (χ0n) is 14.8. The number of aromatic nitrogens is 1. The highest BCUT2D eigenvalue weighted by Crippen LogP contribution is 2.29. The van der Waals surface area contributed by atoms with Crippen LogP contribution in [0.5, 0.6) is 0 Å². The molecule has 2 amide bonds. The fraction of sp³-hybridized carbons (Fsp3) is 0.250. The minimum Gasteiger partial charge on any atom is -0.464 e. The van der Waals surface area contributed by atoms with Crippen LogP contribution in [0.4, 0.5) is 15.3 Å². The van der Waals surface area contributed by atoms with Gasteiger partial charge in [0.25, 0.3) is 0 Å². The molecule has 0 unspecified atom stereocenters. The van der Waals surface area contributed by atoms with Gasteiger partial charge in [-0.3, -0.25) is 10.7 Å². The van der Waals surface area contributed by atoms with E-state index in [2.05, 4.69) is 15.0 Å². The number of alkyl carbamates (subject to hydrolysis) is 1. The van der Waals surface area contributed by atoms with Gasteiger partial charge in [0.1, 0.15) is 5.69 Å². The van der Waals surface area contributed by atoms with E-state index in [4.69, 9.17) is 14.9 Å². The molecule has 0 aliphatic carbocycles. The largest absolute Gasteiger partial charge is 0.464 e. The van der Waals surface area contributed by atoms with Gasteiger partial charge in [-0.05, 0) is 28.0 Å². The Labute approximate surface area is 158 Å². The van der Waals surface area contributed by atoms with Crippen molar-refractivity contribution in [1.29, 1.82) is 5.41 Å². The van der Waals surface area contributed by atoms with Gasteiger partial charge in [-0.25, -0.2) is 19.3 Å². The number of amides is 2. The lowest BCUT2D eigenvalue weighted by atomic mass is 10.1. The molecule has 0 fully saturated rings. The number of carbonyl (C=O) groups excluding carboxylic acids is 3. The van der Waals surface area contributed by atoms with Gasteiger partial charge in [-0.15, -0.1) is 0 Å². The lowest BCUT2D eigenvalue weighted by Gasteiger charge is -2.23.